The molecule has 0 amide bonds. The van der Waals surface area contributed by atoms with Crippen LogP contribution < -0.4 is 0 Å². The quantitative estimate of drug-likeness (QED) is 0.558. The van der Waals surface area contributed by atoms with E-state index in [0.717, 1.165) is 17.2 Å². The molecule has 1 aliphatic rings. The molecule has 2 rings (SSSR count). The highest BCUT2D eigenvalue weighted by molar-refractivity contribution is 5.85. The van der Waals surface area contributed by atoms with E-state index in [1.807, 2.05) is 30.3 Å². The number of aliphatic hydroxyl groups excluding tert-OH is 1. The fourth-order valence-corrected chi connectivity index (χ4v) is 1.84. The summed E-state index contributed by atoms with van der Waals surface area (Å²) in [6, 6.07) is 9.65. The number of rotatable bonds is 5. The Morgan fingerprint density at radius 1 is 1.29 bits per heavy atom. The van der Waals surface area contributed by atoms with Crippen molar-refractivity contribution >= 4 is 17.5 Å². The van der Waals surface area contributed by atoms with Crippen molar-refractivity contribution in [3.05, 3.63) is 66.8 Å². The number of hydrogen-bond donors (Lipinski definition) is 3. The maximum Gasteiger partial charge on any atom is 0.340 e. The van der Waals surface area contributed by atoms with E-state index < -0.39 is 17.5 Å². The van der Waals surface area contributed by atoms with E-state index in [0.29, 0.717) is 0 Å². The molecule has 0 aliphatic heterocycles. The molecule has 6 nitrogen and oxygen atoms in total. The Hall–Kier alpha value is -2.70. The summed E-state index contributed by atoms with van der Waals surface area (Å²) in [7, 11) is 0. The second kappa shape index (κ2) is 9.44. The summed E-state index contributed by atoms with van der Waals surface area (Å²) >= 11 is 0. The van der Waals surface area contributed by atoms with Crippen LogP contribution in [0.3, 0.4) is 0 Å². The molecule has 0 saturated heterocycles. The van der Waals surface area contributed by atoms with Crippen LogP contribution in [0.1, 0.15) is 12.0 Å². The lowest BCUT2D eigenvalue weighted by molar-refractivity contribution is -0.153. The van der Waals surface area contributed by atoms with Gasteiger partial charge in [-0.2, -0.15) is 0 Å². The van der Waals surface area contributed by atoms with Gasteiger partial charge in [-0.25, -0.2) is 9.59 Å². The number of carbonyl (C=O) groups excluding carboxylic acids is 1. The van der Waals surface area contributed by atoms with Crippen molar-refractivity contribution < 1.29 is 29.6 Å². The Morgan fingerprint density at radius 3 is 2.42 bits per heavy atom. The molecular formula is C18H20O6. The molecule has 0 radical (unpaired) electrons. The van der Waals surface area contributed by atoms with Crippen LogP contribution in [0.5, 0.6) is 0 Å². The number of aliphatic hydroxyl groups is 2. The maximum absolute atomic E-state index is 10.8. The predicted molar refractivity (Wildman–Crippen MR) is 89.0 cm³/mol. The fourth-order valence-electron chi connectivity index (χ4n) is 1.84. The average Bonchev–Trinajstić information content (AvgIpc) is 2.61. The summed E-state index contributed by atoms with van der Waals surface area (Å²) in [4.78, 5) is 20.9. The summed E-state index contributed by atoms with van der Waals surface area (Å²) in [5.41, 5.74) is 0.205. The number of allylic oxidation sites excluding steroid dienone is 2. The van der Waals surface area contributed by atoms with Crippen molar-refractivity contribution in [3.8, 4) is 0 Å². The van der Waals surface area contributed by atoms with Gasteiger partial charge < -0.3 is 20.1 Å². The van der Waals surface area contributed by atoms with Gasteiger partial charge in [-0.15, -0.1) is 0 Å². The normalized spacial score (nSPS) is 18.7. The summed E-state index contributed by atoms with van der Waals surface area (Å²) < 4.78 is 4.33. The van der Waals surface area contributed by atoms with Crippen molar-refractivity contribution in [1.29, 1.82) is 0 Å². The first kappa shape index (κ1) is 19.3. The van der Waals surface area contributed by atoms with Crippen molar-refractivity contribution in [1.82, 2.24) is 0 Å². The molecule has 1 aliphatic carbocycles. The molecule has 0 heterocycles. The first-order chi connectivity index (χ1) is 11.4. The average molecular weight is 332 g/mol. The lowest BCUT2D eigenvalue weighted by Gasteiger charge is -2.21. The molecule has 3 N–H and O–H groups in total. The topological polar surface area (TPSA) is 104 Å². The van der Waals surface area contributed by atoms with Gasteiger partial charge in [0.1, 0.15) is 6.61 Å². The largest absolute Gasteiger partial charge is 0.479 e. The van der Waals surface area contributed by atoms with E-state index in [1.54, 1.807) is 12.2 Å². The van der Waals surface area contributed by atoms with E-state index in [-0.39, 0.29) is 19.6 Å². The number of ether oxygens (including phenoxy) is 1. The van der Waals surface area contributed by atoms with Crippen molar-refractivity contribution in [3.63, 3.8) is 0 Å². The monoisotopic (exact) mass is 332 g/mol. The van der Waals surface area contributed by atoms with Crippen molar-refractivity contribution in [2.75, 3.05) is 13.2 Å². The van der Waals surface area contributed by atoms with Gasteiger partial charge in [0.05, 0.1) is 6.61 Å². The standard InChI is InChI=1S/C13H12O3.C5H8O3/c14-12(15)13(16)8-6-11(7-9-13)10-4-2-1-3-5-10;1-2-5(7)8-4-3-6/h1-8,16H,9H2,(H,14,15);2,6H,1,3-4H2. The van der Waals surface area contributed by atoms with Gasteiger partial charge >= 0.3 is 11.9 Å². The molecule has 1 atom stereocenters. The second-order valence-corrected chi connectivity index (χ2v) is 4.89. The zero-order chi connectivity index (χ0) is 18.0. The molecule has 24 heavy (non-hydrogen) atoms. The molecule has 1 aromatic rings. The minimum absolute atomic E-state index is 0.0465. The zero-order valence-corrected chi connectivity index (χ0v) is 13.1. The van der Waals surface area contributed by atoms with Crippen LogP contribution in [0, 0.1) is 0 Å². The van der Waals surface area contributed by atoms with Gasteiger partial charge in [0, 0.05) is 12.5 Å². The molecular weight excluding hydrogens is 312 g/mol. The molecule has 6 heteroatoms. The lowest BCUT2D eigenvalue weighted by atomic mass is 9.90. The highest BCUT2D eigenvalue weighted by Gasteiger charge is 2.33. The Morgan fingerprint density at radius 2 is 1.96 bits per heavy atom. The maximum atomic E-state index is 10.8. The number of aliphatic carboxylic acids is 1. The first-order valence-electron chi connectivity index (χ1n) is 7.23. The van der Waals surface area contributed by atoms with Crippen molar-refractivity contribution in [2.24, 2.45) is 0 Å². The Labute approximate surface area is 140 Å². The number of carboxylic acids is 1. The van der Waals surface area contributed by atoms with Crippen LogP contribution in [0.4, 0.5) is 0 Å². The molecule has 0 spiro atoms. The third kappa shape index (κ3) is 5.83. The highest BCUT2D eigenvalue weighted by atomic mass is 16.5. The first-order valence-corrected chi connectivity index (χ1v) is 7.23. The molecule has 0 aromatic heterocycles. The van der Waals surface area contributed by atoms with Crippen LogP contribution in [-0.2, 0) is 14.3 Å². The van der Waals surface area contributed by atoms with Crippen molar-refractivity contribution in [2.45, 2.75) is 12.0 Å². The summed E-state index contributed by atoms with van der Waals surface area (Å²) in [6.07, 6.45) is 5.87. The van der Waals surface area contributed by atoms with Crippen LogP contribution >= 0.6 is 0 Å². The van der Waals surface area contributed by atoms with E-state index >= 15 is 0 Å². The van der Waals surface area contributed by atoms with Gasteiger partial charge in [0.25, 0.3) is 0 Å². The molecule has 0 saturated carbocycles. The highest BCUT2D eigenvalue weighted by Crippen LogP contribution is 2.26. The predicted octanol–water partition coefficient (Wildman–Crippen LogP) is 1.55. The SMILES string of the molecule is C=CC(=O)OCCO.O=C(O)C1(O)C=CC(c2ccccc2)=CC1. The number of esters is 1. The fraction of sp³-hybridized carbons (Fsp3) is 0.222. The third-order valence-corrected chi connectivity index (χ3v) is 3.15. The molecule has 1 aromatic carbocycles. The lowest BCUT2D eigenvalue weighted by Crippen LogP contribution is -2.36. The summed E-state index contributed by atoms with van der Waals surface area (Å²) in [5, 5.41) is 26.6. The molecule has 128 valence electrons. The van der Waals surface area contributed by atoms with E-state index in [4.69, 9.17) is 10.2 Å². The Balaban J connectivity index is 0.000000307. The van der Waals surface area contributed by atoms with Gasteiger partial charge in [-0.3, -0.25) is 0 Å². The number of benzene rings is 1. The smallest absolute Gasteiger partial charge is 0.340 e. The molecule has 1 unspecified atom stereocenters. The van der Waals surface area contributed by atoms with E-state index in [1.165, 1.54) is 6.08 Å². The van der Waals surface area contributed by atoms with Gasteiger partial charge in [-0.1, -0.05) is 49.1 Å². The number of hydrogen-bond acceptors (Lipinski definition) is 5. The van der Waals surface area contributed by atoms with E-state index in [2.05, 4.69) is 11.3 Å². The van der Waals surface area contributed by atoms with Crippen LogP contribution in [0.25, 0.3) is 5.57 Å². The van der Waals surface area contributed by atoms with Gasteiger partial charge in [-0.05, 0) is 17.2 Å². The summed E-state index contributed by atoms with van der Waals surface area (Å²) in [5.74, 6) is -1.72. The van der Waals surface area contributed by atoms with Crippen LogP contribution in [0.2, 0.25) is 0 Å². The van der Waals surface area contributed by atoms with Crippen LogP contribution in [-0.4, -0.2) is 46.1 Å². The minimum atomic E-state index is -1.75. The second-order valence-electron chi connectivity index (χ2n) is 4.89. The van der Waals surface area contributed by atoms with Gasteiger partial charge in [0.2, 0.25) is 0 Å². The third-order valence-electron chi connectivity index (χ3n) is 3.15. The molecule has 0 fully saturated rings. The Bertz CT molecular complexity index is 632. The zero-order valence-electron chi connectivity index (χ0n) is 13.1. The molecule has 0 bridgehead atoms. The minimum Gasteiger partial charge on any atom is -0.479 e. The summed E-state index contributed by atoms with van der Waals surface area (Å²) in [6.45, 7) is 3.06. The van der Waals surface area contributed by atoms with Crippen LogP contribution in [0.15, 0.2) is 61.2 Å². The Kier molecular flexibility index (Phi) is 7.61. The van der Waals surface area contributed by atoms with E-state index in [9.17, 15) is 14.7 Å². The van der Waals surface area contributed by atoms with Gasteiger partial charge in [0.15, 0.2) is 5.60 Å². The number of carboxylic acid groups (broad SMARTS) is 1. The number of carbonyl (C=O) groups is 2.